The summed E-state index contributed by atoms with van der Waals surface area (Å²) >= 11 is 0. The van der Waals surface area contributed by atoms with Crippen LogP contribution in [0.2, 0.25) is 0 Å². The number of hydrogen-bond acceptors (Lipinski definition) is 3. The van der Waals surface area contributed by atoms with Crippen molar-refractivity contribution < 1.29 is 9.53 Å². The molecule has 1 aromatic carbocycles. The first-order valence-electron chi connectivity index (χ1n) is 7.35. The maximum absolute atomic E-state index is 12.3. The molecule has 1 aliphatic heterocycles. The lowest BCUT2D eigenvalue weighted by Gasteiger charge is -2.34. The summed E-state index contributed by atoms with van der Waals surface area (Å²) in [6.45, 7) is 10.4. The third-order valence-electron chi connectivity index (χ3n) is 3.48. The summed E-state index contributed by atoms with van der Waals surface area (Å²) in [6.07, 6.45) is 1.90. The molecule has 0 radical (unpaired) electrons. The molecule has 0 aliphatic carbocycles. The first kappa shape index (κ1) is 15.4. The average molecular weight is 289 g/mol. The van der Waals surface area contributed by atoms with Crippen molar-refractivity contribution in [1.82, 2.24) is 9.80 Å². The number of benzene rings is 1. The second kappa shape index (κ2) is 7.69. The maximum atomic E-state index is 12.3. The second-order valence-corrected chi connectivity index (χ2v) is 4.94. The van der Waals surface area contributed by atoms with Crippen molar-refractivity contribution >= 4 is 11.7 Å². The van der Waals surface area contributed by atoms with Gasteiger partial charge in [0, 0.05) is 32.7 Å². The number of nitrogens with one attached hydrogen (secondary N) is 1. The van der Waals surface area contributed by atoms with Crippen LogP contribution < -0.4 is 10.1 Å². The summed E-state index contributed by atoms with van der Waals surface area (Å²) in [7, 11) is 0. The van der Waals surface area contributed by atoms with Gasteiger partial charge in [-0.25, -0.2) is 4.79 Å². The van der Waals surface area contributed by atoms with Gasteiger partial charge in [0.25, 0.3) is 0 Å². The highest BCUT2D eigenvalue weighted by Crippen LogP contribution is 2.24. The molecule has 0 saturated carbocycles. The van der Waals surface area contributed by atoms with E-state index in [4.69, 9.17) is 4.74 Å². The number of rotatable bonds is 5. The number of carbonyl (C=O) groups excluding carboxylic acids is 1. The molecule has 1 N–H and O–H groups in total. The molecule has 114 valence electrons. The maximum Gasteiger partial charge on any atom is 0.322 e. The topological polar surface area (TPSA) is 44.8 Å². The van der Waals surface area contributed by atoms with Crippen LogP contribution in [0.25, 0.3) is 0 Å². The SMILES string of the molecule is C=CCN1CCN(C(=O)Nc2ccccc2OCC)CC1. The van der Waals surface area contributed by atoms with E-state index in [1.165, 1.54) is 0 Å². The van der Waals surface area contributed by atoms with Crippen molar-refractivity contribution in [1.29, 1.82) is 0 Å². The van der Waals surface area contributed by atoms with Crippen LogP contribution in [0.15, 0.2) is 36.9 Å². The minimum Gasteiger partial charge on any atom is -0.492 e. The summed E-state index contributed by atoms with van der Waals surface area (Å²) in [4.78, 5) is 16.4. The van der Waals surface area contributed by atoms with Gasteiger partial charge in [-0.2, -0.15) is 0 Å². The molecule has 0 aromatic heterocycles. The van der Waals surface area contributed by atoms with Crippen molar-refractivity contribution in [2.24, 2.45) is 0 Å². The van der Waals surface area contributed by atoms with Crippen molar-refractivity contribution in [2.45, 2.75) is 6.92 Å². The van der Waals surface area contributed by atoms with E-state index in [2.05, 4.69) is 16.8 Å². The van der Waals surface area contributed by atoms with Crippen LogP contribution in [0, 0.1) is 0 Å². The Morgan fingerprint density at radius 2 is 2.05 bits per heavy atom. The van der Waals surface area contributed by atoms with E-state index < -0.39 is 0 Å². The average Bonchev–Trinajstić information content (AvgIpc) is 2.50. The minimum absolute atomic E-state index is 0.0691. The number of hydrogen-bond donors (Lipinski definition) is 1. The monoisotopic (exact) mass is 289 g/mol. The van der Waals surface area contributed by atoms with Crippen molar-refractivity contribution in [3.63, 3.8) is 0 Å². The highest BCUT2D eigenvalue weighted by Gasteiger charge is 2.21. The van der Waals surface area contributed by atoms with E-state index in [9.17, 15) is 4.79 Å². The Labute approximate surface area is 126 Å². The van der Waals surface area contributed by atoms with Gasteiger partial charge in [-0.15, -0.1) is 6.58 Å². The van der Waals surface area contributed by atoms with Crippen molar-refractivity contribution in [2.75, 3.05) is 44.6 Å². The molecule has 0 spiro atoms. The Hall–Kier alpha value is -2.01. The van der Waals surface area contributed by atoms with E-state index in [0.717, 1.165) is 38.4 Å². The summed E-state index contributed by atoms with van der Waals surface area (Å²) in [5.74, 6) is 0.707. The number of nitrogens with zero attached hydrogens (tertiary/aromatic N) is 2. The van der Waals surface area contributed by atoms with Gasteiger partial charge in [-0.1, -0.05) is 18.2 Å². The van der Waals surface area contributed by atoms with E-state index in [0.29, 0.717) is 12.4 Å². The van der Waals surface area contributed by atoms with E-state index in [1.807, 2.05) is 42.2 Å². The highest BCUT2D eigenvalue weighted by molar-refractivity contribution is 5.91. The van der Waals surface area contributed by atoms with Crippen LogP contribution in [0.3, 0.4) is 0 Å². The number of anilines is 1. The Kier molecular flexibility index (Phi) is 5.63. The first-order valence-corrected chi connectivity index (χ1v) is 7.35. The lowest BCUT2D eigenvalue weighted by molar-refractivity contribution is 0.155. The molecular weight excluding hydrogens is 266 g/mol. The second-order valence-electron chi connectivity index (χ2n) is 4.94. The number of para-hydroxylation sites is 2. The predicted octanol–water partition coefficient (Wildman–Crippen LogP) is 2.42. The Bertz CT molecular complexity index is 482. The third kappa shape index (κ3) is 4.23. The van der Waals surface area contributed by atoms with Crippen LogP contribution in [0.5, 0.6) is 5.75 Å². The molecule has 1 saturated heterocycles. The quantitative estimate of drug-likeness (QED) is 0.847. The highest BCUT2D eigenvalue weighted by atomic mass is 16.5. The fourth-order valence-corrected chi connectivity index (χ4v) is 2.36. The molecule has 5 heteroatoms. The fourth-order valence-electron chi connectivity index (χ4n) is 2.36. The smallest absolute Gasteiger partial charge is 0.322 e. The van der Waals surface area contributed by atoms with E-state index in [1.54, 1.807) is 0 Å². The van der Waals surface area contributed by atoms with Gasteiger partial charge >= 0.3 is 6.03 Å². The number of carbonyl (C=O) groups is 1. The van der Waals surface area contributed by atoms with Gasteiger partial charge in [0.1, 0.15) is 5.75 Å². The van der Waals surface area contributed by atoms with Gasteiger partial charge in [-0.3, -0.25) is 4.90 Å². The van der Waals surface area contributed by atoms with Crippen LogP contribution in [0.4, 0.5) is 10.5 Å². The fraction of sp³-hybridized carbons (Fsp3) is 0.438. The van der Waals surface area contributed by atoms with Crippen LogP contribution in [-0.4, -0.2) is 55.2 Å². The molecule has 0 atom stereocenters. The summed E-state index contributed by atoms with van der Waals surface area (Å²) in [5.41, 5.74) is 0.720. The van der Waals surface area contributed by atoms with Gasteiger partial charge in [0.2, 0.25) is 0 Å². The number of piperazine rings is 1. The zero-order valence-corrected chi connectivity index (χ0v) is 12.5. The number of ether oxygens (including phenoxy) is 1. The molecule has 2 amide bonds. The van der Waals surface area contributed by atoms with Crippen LogP contribution >= 0.6 is 0 Å². The number of urea groups is 1. The first-order chi connectivity index (χ1) is 10.2. The van der Waals surface area contributed by atoms with Crippen molar-refractivity contribution in [3.05, 3.63) is 36.9 Å². The van der Waals surface area contributed by atoms with Gasteiger partial charge in [0.05, 0.1) is 12.3 Å². The molecule has 2 rings (SSSR count). The normalized spacial score (nSPS) is 15.6. The summed E-state index contributed by atoms with van der Waals surface area (Å²) < 4.78 is 5.52. The Morgan fingerprint density at radius 1 is 1.33 bits per heavy atom. The zero-order chi connectivity index (χ0) is 15.1. The lowest BCUT2D eigenvalue weighted by Crippen LogP contribution is -2.49. The van der Waals surface area contributed by atoms with Gasteiger partial charge < -0.3 is 15.0 Å². The zero-order valence-electron chi connectivity index (χ0n) is 12.5. The Balaban J connectivity index is 1.92. The molecule has 21 heavy (non-hydrogen) atoms. The third-order valence-corrected chi connectivity index (χ3v) is 3.48. The molecule has 0 unspecified atom stereocenters. The molecular formula is C16H23N3O2. The number of amides is 2. The van der Waals surface area contributed by atoms with Gasteiger partial charge in [0.15, 0.2) is 0 Å². The van der Waals surface area contributed by atoms with Crippen LogP contribution in [0.1, 0.15) is 6.92 Å². The minimum atomic E-state index is -0.0691. The standard InChI is InChI=1S/C16H23N3O2/c1-3-9-18-10-12-19(13-11-18)16(20)17-14-7-5-6-8-15(14)21-4-2/h3,5-8H,1,4,9-13H2,2H3,(H,17,20). The van der Waals surface area contributed by atoms with Gasteiger partial charge in [-0.05, 0) is 19.1 Å². The lowest BCUT2D eigenvalue weighted by atomic mass is 10.3. The molecule has 5 nitrogen and oxygen atoms in total. The molecule has 0 bridgehead atoms. The van der Waals surface area contributed by atoms with Crippen molar-refractivity contribution in [3.8, 4) is 5.75 Å². The van der Waals surface area contributed by atoms with Crippen LogP contribution in [-0.2, 0) is 0 Å². The largest absolute Gasteiger partial charge is 0.492 e. The molecule has 1 fully saturated rings. The molecule has 1 aliphatic rings. The van der Waals surface area contributed by atoms with E-state index in [-0.39, 0.29) is 6.03 Å². The Morgan fingerprint density at radius 3 is 2.71 bits per heavy atom. The molecule has 1 heterocycles. The van der Waals surface area contributed by atoms with E-state index >= 15 is 0 Å². The predicted molar refractivity (Wildman–Crippen MR) is 84.8 cm³/mol. The molecule has 1 aromatic rings. The summed E-state index contributed by atoms with van der Waals surface area (Å²) in [6, 6.07) is 7.44. The summed E-state index contributed by atoms with van der Waals surface area (Å²) in [5, 5.41) is 2.94.